The first-order valence-electron chi connectivity index (χ1n) is 9.17. The molecule has 2 saturated carbocycles. The number of methoxy groups -OCH3 is 1. The molecule has 24 heavy (non-hydrogen) atoms. The molecule has 2 aliphatic carbocycles. The molecule has 0 aliphatic heterocycles. The molecular formula is C18H36IN3O2. The summed E-state index contributed by atoms with van der Waals surface area (Å²) in [7, 11) is 5.75. The van der Waals surface area contributed by atoms with Crippen LogP contribution in [-0.4, -0.2) is 65.0 Å². The third kappa shape index (κ3) is 7.44. The summed E-state index contributed by atoms with van der Waals surface area (Å²) in [5, 5.41) is 3.59. The van der Waals surface area contributed by atoms with E-state index in [1.54, 1.807) is 7.11 Å². The number of guanidine groups is 1. The van der Waals surface area contributed by atoms with Crippen LogP contribution in [0.25, 0.3) is 0 Å². The summed E-state index contributed by atoms with van der Waals surface area (Å²) >= 11 is 0. The molecule has 6 heteroatoms. The zero-order valence-electron chi connectivity index (χ0n) is 15.7. The highest BCUT2D eigenvalue weighted by molar-refractivity contribution is 14.0. The Morgan fingerprint density at radius 1 is 1.25 bits per heavy atom. The molecule has 142 valence electrons. The molecule has 0 atom stereocenters. The topological polar surface area (TPSA) is 46.1 Å². The number of hydrogen-bond donors (Lipinski definition) is 1. The minimum absolute atomic E-state index is 0. The van der Waals surface area contributed by atoms with Crippen molar-refractivity contribution in [1.29, 1.82) is 0 Å². The molecular weight excluding hydrogens is 417 g/mol. The Kier molecular flexibility index (Phi) is 10.5. The second-order valence-electron chi connectivity index (χ2n) is 7.29. The average Bonchev–Trinajstić information content (AvgIpc) is 3.27. The molecule has 2 rings (SSSR count). The fraction of sp³-hybridized carbons (Fsp3) is 0.944. The van der Waals surface area contributed by atoms with E-state index in [4.69, 9.17) is 9.47 Å². The van der Waals surface area contributed by atoms with Crippen LogP contribution in [0.3, 0.4) is 0 Å². The summed E-state index contributed by atoms with van der Waals surface area (Å²) in [6, 6.07) is 0. The molecule has 2 fully saturated rings. The van der Waals surface area contributed by atoms with E-state index in [1.807, 2.05) is 7.05 Å². The van der Waals surface area contributed by atoms with Crippen LogP contribution in [0.1, 0.15) is 44.9 Å². The lowest BCUT2D eigenvalue weighted by Crippen LogP contribution is -2.45. The standard InChI is InChI=1S/C18H35N3O2.HI/c1-19-17(21(2)11-13-23-14-16-6-7-16)20-15-18(10-12-22-3)8-4-5-9-18;/h16H,4-15H2,1-3H3,(H,19,20);1H. The summed E-state index contributed by atoms with van der Waals surface area (Å²) < 4.78 is 11.0. The van der Waals surface area contributed by atoms with Crippen LogP contribution in [0.5, 0.6) is 0 Å². The lowest BCUT2D eigenvalue weighted by atomic mass is 9.83. The molecule has 0 saturated heterocycles. The SMILES string of the molecule is CN=C(NCC1(CCOC)CCCC1)N(C)CCOCC1CC1.I. The predicted molar refractivity (Wildman–Crippen MR) is 110 cm³/mol. The lowest BCUT2D eigenvalue weighted by molar-refractivity contribution is 0.114. The van der Waals surface area contributed by atoms with E-state index in [0.29, 0.717) is 5.41 Å². The van der Waals surface area contributed by atoms with Gasteiger partial charge in [0.2, 0.25) is 0 Å². The van der Waals surface area contributed by atoms with Crippen LogP contribution in [0.4, 0.5) is 0 Å². The zero-order valence-corrected chi connectivity index (χ0v) is 18.0. The van der Waals surface area contributed by atoms with E-state index in [0.717, 1.165) is 51.2 Å². The van der Waals surface area contributed by atoms with Gasteiger partial charge in [-0.25, -0.2) is 0 Å². The minimum atomic E-state index is 0. The number of halogens is 1. The number of nitrogens with zero attached hydrogens (tertiary/aromatic N) is 2. The summed E-state index contributed by atoms with van der Waals surface area (Å²) in [6.07, 6.45) is 9.12. The van der Waals surface area contributed by atoms with Gasteiger partial charge in [0.05, 0.1) is 6.61 Å². The largest absolute Gasteiger partial charge is 0.385 e. The van der Waals surface area contributed by atoms with Gasteiger partial charge in [0.1, 0.15) is 0 Å². The van der Waals surface area contributed by atoms with Crippen molar-refractivity contribution in [2.45, 2.75) is 44.9 Å². The monoisotopic (exact) mass is 453 g/mol. The lowest BCUT2D eigenvalue weighted by Gasteiger charge is -2.31. The Morgan fingerprint density at radius 2 is 1.96 bits per heavy atom. The van der Waals surface area contributed by atoms with Crippen molar-refractivity contribution in [2.75, 3.05) is 54.1 Å². The maximum absolute atomic E-state index is 5.73. The molecule has 1 N–H and O–H groups in total. The quantitative estimate of drug-likeness (QED) is 0.239. The molecule has 5 nitrogen and oxygen atoms in total. The third-order valence-corrected chi connectivity index (χ3v) is 5.32. The van der Waals surface area contributed by atoms with E-state index in [2.05, 4.69) is 22.3 Å². The van der Waals surface area contributed by atoms with Gasteiger partial charge in [0.25, 0.3) is 0 Å². The van der Waals surface area contributed by atoms with Gasteiger partial charge in [-0.2, -0.15) is 0 Å². The highest BCUT2D eigenvalue weighted by atomic mass is 127. The fourth-order valence-corrected chi connectivity index (χ4v) is 3.45. The van der Waals surface area contributed by atoms with Gasteiger partial charge in [-0.1, -0.05) is 12.8 Å². The Labute approximate surface area is 165 Å². The molecule has 0 aromatic heterocycles. The number of likely N-dealkylation sites (N-methyl/N-ethyl adjacent to an activating group) is 1. The highest BCUT2D eigenvalue weighted by Gasteiger charge is 2.33. The molecule has 0 spiro atoms. The number of rotatable bonds is 10. The Bertz CT molecular complexity index is 369. The van der Waals surface area contributed by atoms with Crippen molar-refractivity contribution in [1.82, 2.24) is 10.2 Å². The van der Waals surface area contributed by atoms with Crippen molar-refractivity contribution in [2.24, 2.45) is 16.3 Å². The molecule has 2 aliphatic rings. The molecule has 0 aromatic carbocycles. The van der Waals surface area contributed by atoms with Gasteiger partial charge < -0.3 is 19.7 Å². The minimum Gasteiger partial charge on any atom is -0.385 e. The zero-order chi connectivity index (χ0) is 16.5. The summed E-state index contributed by atoms with van der Waals surface area (Å²) in [6.45, 7) is 4.45. The first-order chi connectivity index (χ1) is 11.2. The molecule has 0 amide bonds. The van der Waals surface area contributed by atoms with Crippen molar-refractivity contribution in [3.8, 4) is 0 Å². The van der Waals surface area contributed by atoms with Crippen LogP contribution in [-0.2, 0) is 9.47 Å². The van der Waals surface area contributed by atoms with Gasteiger partial charge in [-0.05, 0) is 43.4 Å². The van der Waals surface area contributed by atoms with Crippen LogP contribution in [0.2, 0.25) is 0 Å². The van der Waals surface area contributed by atoms with Crippen molar-refractivity contribution >= 4 is 29.9 Å². The number of nitrogens with one attached hydrogen (secondary N) is 1. The number of hydrogen-bond acceptors (Lipinski definition) is 3. The van der Waals surface area contributed by atoms with Crippen molar-refractivity contribution < 1.29 is 9.47 Å². The van der Waals surface area contributed by atoms with Crippen molar-refractivity contribution in [3.63, 3.8) is 0 Å². The van der Waals surface area contributed by atoms with Gasteiger partial charge >= 0.3 is 0 Å². The number of aliphatic imine (C=N–C) groups is 1. The van der Waals surface area contributed by atoms with Crippen LogP contribution in [0.15, 0.2) is 4.99 Å². The Balaban J connectivity index is 0.00000288. The maximum atomic E-state index is 5.73. The summed E-state index contributed by atoms with van der Waals surface area (Å²) in [5.74, 6) is 1.81. The normalized spacial score (nSPS) is 19.9. The van der Waals surface area contributed by atoms with Crippen molar-refractivity contribution in [3.05, 3.63) is 0 Å². The molecule has 0 aromatic rings. The van der Waals surface area contributed by atoms with Crippen LogP contribution < -0.4 is 5.32 Å². The van der Waals surface area contributed by atoms with Gasteiger partial charge in [-0.15, -0.1) is 24.0 Å². The Hall–Kier alpha value is -0.0800. The summed E-state index contributed by atoms with van der Waals surface area (Å²) in [4.78, 5) is 6.60. The maximum Gasteiger partial charge on any atom is 0.193 e. The van der Waals surface area contributed by atoms with E-state index < -0.39 is 0 Å². The predicted octanol–water partition coefficient (Wildman–Crippen LogP) is 3.14. The average molecular weight is 453 g/mol. The fourth-order valence-electron chi connectivity index (χ4n) is 3.45. The van der Waals surface area contributed by atoms with Gasteiger partial charge in [-0.3, -0.25) is 4.99 Å². The number of ether oxygens (including phenoxy) is 2. The van der Waals surface area contributed by atoms with Crippen LogP contribution in [0, 0.1) is 11.3 Å². The molecule has 0 radical (unpaired) electrons. The molecule has 0 unspecified atom stereocenters. The van der Waals surface area contributed by atoms with E-state index >= 15 is 0 Å². The smallest absolute Gasteiger partial charge is 0.193 e. The first kappa shape index (κ1) is 22.0. The van der Waals surface area contributed by atoms with E-state index in [1.165, 1.54) is 38.5 Å². The van der Waals surface area contributed by atoms with E-state index in [-0.39, 0.29) is 24.0 Å². The third-order valence-electron chi connectivity index (χ3n) is 5.32. The molecule has 0 heterocycles. The summed E-state index contributed by atoms with van der Waals surface area (Å²) in [5.41, 5.74) is 0.384. The van der Waals surface area contributed by atoms with Gasteiger partial charge in [0, 0.05) is 47.5 Å². The second kappa shape index (κ2) is 11.5. The van der Waals surface area contributed by atoms with Gasteiger partial charge in [0.15, 0.2) is 5.96 Å². The van der Waals surface area contributed by atoms with Crippen LogP contribution >= 0.6 is 24.0 Å². The highest BCUT2D eigenvalue weighted by Crippen LogP contribution is 2.40. The Morgan fingerprint density at radius 3 is 2.54 bits per heavy atom. The second-order valence-corrected chi connectivity index (χ2v) is 7.29. The van der Waals surface area contributed by atoms with E-state index in [9.17, 15) is 0 Å². The molecule has 0 bridgehead atoms. The first-order valence-corrected chi connectivity index (χ1v) is 9.17.